The maximum Gasteiger partial charge on any atom is 0.362 e. The van der Waals surface area contributed by atoms with Crippen LogP contribution in [-0.4, -0.2) is 22.7 Å². The normalized spacial score (nSPS) is 10.5. The molecule has 19 heavy (non-hydrogen) atoms. The van der Waals surface area contributed by atoms with E-state index in [0.29, 0.717) is 11.1 Å². The summed E-state index contributed by atoms with van der Waals surface area (Å²) in [5.41, 5.74) is 0.729. The van der Waals surface area contributed by atoms with Gasteiger partial charge in [0.15, 0.2) is 0 Å². The third-order valence-electron chi connectivity index (χ3n) is 2.36. The van der Waals surface area contributed by atoms with E-state index < -0.39 is 11.8 Å². The van der Waals surface area contributed by atoms with Crippen LogP contribution in [-0.2, 0) is 0 Å². The largest absolute Gasteiger partial charge is 0.476 e. The van der Waals surface area contributed by atoms with Gasteiger partial charge in [0.05, 0.1) is 6.61 Å². The zero-order valence-electron chi connectivity index (χ0n) is 10.4. The van der Waals surface area contributed by atoms with E-state index in [0.717, 1.165) is 0 Å². The van der Waals surface area contributed by atoms with Crippen LogP contribution in [0.2, 0.25) is 0 Å². The summed E-state index contributed by atoms with van der Waals surface area (Å²) in [4.78, 5) is 14.8. The summed E-state index contributed by atoms with van der Waals surface area (Å²) >= 11 is 0. The van der Waals surface area contributed by atoms with Crippen LogP contribution in [0.25, 0.3) is 11.5 Å². The van der Waals surface area contributed by atoms with Crippen molar-refractivity contribution in [3.05, 3.63) is 35.3 Å². The molecule has 5 nitrogen and oxygen atoms in total. The van der Waals surface area contributed by atoms with Crippen molar-refractivity contribution in [2.24, 2.45) is 0 Å². The number of hydrogen-bond acceptors (Lipinski definition) is 4. The fourth-order valence-electron chi connectivity index (χ4n) is 1.65. The Morgan fingerprint density at radius 1 is 1.47 bits per heavy atom. The van der Waals surface area contributed by atoms with E-state index in [2.05, 4.69) is 4.98 Å². The van der Waals surface area contributed by atoms with E-state index in [1.807, 2.05) is 0 Å². The molecule has 0 aliphatic heterocycles. The summed E-state index contributed by atoms with van der Waals surface area (Å²) in [7, 11) is 0. The molecule has 1 aromatic carbocycles. The number of oxazole rings is 1. The Kier molecular flexibility index (Phi) is 3.50. The van der Waals surface area contributed by atoms with Crippen molar-refractivity contribution in [1.29, 1.82) is 0 Å². The monoisotopic (exact) mass is 265 g/mol. The molecule has 6 heteroatoms. The molecule has 100 valence electrons. The molecular weight excluding hydrogens is 253 g/mol. The molecule has 1 N–H and O–H groups in total. The third-order valence-corrected chi connectivity index (χ3v) is 2.36. The van der Waals surface area contributed by atoms with E-state index in [-0.39, 0.29) is 24.1 Å². The zero-order chi connectivity index (χ0) is 14.0. The minimum atomic E-state index is -1.26. The number of nitrogens with zero attached hydrogens (tertiary/aromatic N) is 1. The van der Waals surface area contributed by atoms with Gasteiger partial charge in [-0.2, -0.15) is 4.98 Å². The molecular formula is C13H12FNO4. The average molecular weight is 265 g/mol. The SMILES string of the molecule is CCOc1oc(-c2cc(C)cc(F)c2)nc1C(=O)O. The van der Waals surface area contributed by atoms with Crippen LogP contribution in [0.3, 0.4) is 0 Å². The number of ether oxygens (including phenoxy) is 1. The van der Waals surface area contributed by atoms with E-state index in [9.17, 15) is 9.18 Å². The van der Waals surface area contributed by atoms with Crippen LogP contribution >= 0.6 is 0 Å². The molecule has 0 saturated heterocycles. The van der Waals surface area contributed by atoms with Crippen LogP contribution in [0.4, 0.5) is 4.39 Å². The molecule has 0 aliphatic carbocycles. The lowest BCUT2D eigenvalue weighted by Gasteiger charge is -1.99. The Morgan fingerprint density at radius 3 is 2.79 bits per heavy atom. The fourth-order valence-corrected chi connectivity index (χ4v) is 1.65. The van der Waals surface area contributed by atoms with Gasteiger partial charge in [-0.3, -0.25) is 0 Å². The predicted octanol–water partition coefficient (Wildman–Crippen LogP) is 2.89. The highest BCUT2D eigenvalue weighted by atomic mass is 19.1. The highest BCUT2D eigenvalue weighted by Crippen LogP contribution is 2.28. The Morgan fingerprint density at radius 2 is 2.21 bits per heavy atom. The van der Waals surface area contributed by atoms with Crippen molar-refractivity contribution < 1.29 is 23.4 Å². The summed E-state index contributed by atoms with van der Waals surface area (Å²) in [5, 5.41) is 8.99. The van der Waals surface area contributed by atoms with Crippen molar-refractivity contribution in [2.75, 3.05) is 6.61 Å². The predicted molar refractivity (Wildman–Crippen MR) is 64.8 cm³/mol. The van der Waals surface area contributed by atoms with Gasteiger partial charge in [-0.05, 0) is 37.6 Å². The van der Waals surface area contributed by atoms with E-state index in [1.54, 1.807) is 19.9 Å². The van der Waals surface area contributed by atoms with Gasteiger partial charge in [0.1, 0.15) is 5.82 Å². The molecule has 0 saturated carbocycles. The van der Waals surface area contributed by atoms with Crippen LogP contribution in [0, 0.1) is 12.7 Å². The number of rotatable bonds is 4. The second kappa shape index (κ2) is 5.09. The van der Waals surface area contributed by atoms with E-state index in [4.69, 9.17) is 14.3 Å². The van der Waals surface area contributed by atoms with Crippen LogP contribution in [0.1, 0.15) is 23.0 Å². The van der Waals surface area contributed by atoms with Gasteiger partial charge in [0.25, 0.3) is 0 Å². The van der Waals surface area contributed by atoms with E-state index >= 15 is 0 Å². The van der Waals surface area contributed by atoms with Gasteiger partial charge in [0.2, 0.25) is 11.6 Å². The second-order valence-corrected chi connectivity index (χ2v) is 3.91. The van der Waals surface area contributed by atoms with Gasteiger partial charge in [-0.1, -0.05) is 0 Å². The minimum absolute atomic E-state index is 0.0171. The minimum Gasteiger partial charge on any atom is -0.476 e. The van der Waals surface area contributed by atoms with Gasteiger partial charge >= 0.3 is 11.9 Å². The number of aromatic nitrogens is 1. The highest BCUT2D eigenvalue weighted by Gasteiger charge is 2.22. The summed E-state index contributed by atoms with van der Waals surface area (Å²) in [5.74, 6) is -1.86. The molecule has 0 fully saturated rings. The summed E-state index contributed by atoms with van der Waals surface area (Å²) in [6.07, 6.45) is 0. The Bertz CT molecular complexity index is 601. The first-order valence-corrected chi connectivity index (χ1v) is 5.65. The molecule has 0 aliphatic rings. The second-order valence-electron chi connectivity index (χ2n) is 3.91. The molecule has 0 atom stereocenters. The molecule has 0 unspecified atom stereocenters. The molecule has 0 amide bonds. The molecule has 1 aromatic heterocycles. The van der Waals surface area contributed by atoms with Crippen molar-refractivity contribution in [2.45, 2.75) is 13.8 Å². The first-order chi connectivity index (χ1) is 9.01. The quantitative estimate of drug-likeness (QED) is 0.920. The van der Waals surface area contributed by atoms with Crippen molar-refractivity contribution >= 4 is 5.97 Å². The lowest BCUT2D eigenvalue weighted by atomic mass is 10.1. The summed E-state index contributed by atoms with van der Waals surface area (Å²) in [6, 6.07) is 4.23. The molecule has 2 rings (SSSR count). The number of hydrogen-bond donors (Lipinski definition) is 1. The highest BCUT2D eigenvalue weighted by molar-refractivity contribution is 5.88. The number of carboxylic acids is 1. The Balaban J connectivity index is 2.50. The van der Waals surface area contributed by atoms with Gasteiger partial charge in [-0.25, -0.2) is 9.18 Å². The number of carboxylic acid groups (broad SMARTS) is 1. The van der Waals surface area contributed by atoms with Crippen molar-refractivity contribution in [3.63, 3.8) is 0 Å². The zero-order valence-corrected chi connectivity index (χ0v) is 10.4. The Hall–Kier alpha value is -2.37. The fraction of sp³-hybridized carbons (Fsp3) is 0.231. The van der Waals surface area contributed by atoms with Crippen molar-refractivity contribution in [3.8, 4) is 17.4 Å². The maximum atomic E-state index is 13.3. The van der Waals surface area contributed by atoms with Gasteiger partial charge < -0.3 is 14.3 Å². The lowest BCUT2D eigenvalue weighted by Crippen LogP contribution is -2.01. The first kappa shape index (κ1) is 13.1. The van der Waals surface area contributed by atoms with Gasteiger partial charge in [-0.15, -0.1) is 0 Å². The number of aromatic carboxylic acids is 1. The molecule has 2 aromatic rings. The van der Waals surface area contributed by atoms with Crippen LogP contribution in [0.15, 0.2) is 22.6 Å². The smallest absolute Gasteiger partial charge is 0.362 e. The maximum absolute atomic E-state index is 13.3. The lowest BCUT2D eigenvalue weighted by molar-refractivity contribution is 0.0683. The Labute approximate surface area is 108 Å². The van der Waals surface area contributed by atoms with Gasteiger partial charge in [0, 0.05) is 5.56 Å². The molecule has 0 spiro atoms. The topological polar surface area (TPSA) is 72.6 Å². The molecule has 0 bridgehead atoms. The first-order valence-electron chi connectivity index (χ1n) is 5.65. The summed E-state index contributed by atoms with van der Waals surface area (Å²) < 4.78 is 23.6. The average Bonchev–Trinajstić information content (AvgIpc) is 2.72. The number of carbonyl (C=O) groups is 1. The third kappa shape index (κ3) is 2.73. The number of halogens is 1. The van der Waals surface area contributed by atoms with E-state index in [1.165, 1.54) is 12.1 Å². The molecule has 0 radical (unpaired) electrons. The van der Waals surface area contributed by atoms with Crippen LogP contribution < -0.4 is 4.74 Å². The van der Waals surface area contributed by atoms with Crippen molar-refractivity contribution in [1.82, 2.24) is 4.98 Å². The standard InChI is InChI=1S/C13H12FNO4/c1-3-18-13-10(12(16)17)15-11(19-13)8-4-7(2)5-9(14)6-8/h4-6H,3H2,1-2H3,(H,16,17). The summed E-state index contributed by atoms with van der Waals surface area (Å²) in [6.45, 7) is 3.66. The molecule has 1 heterocycles. The number of benzene rings is 1. The number of aryl methyl sites for hydroxylation is 1. The van der Waals surface area contributed by atoms with Crippen LogP contribution in [0.5, 0.6) is 5.95 Å².